The molecule has 0 radical (unpaired) electrons. The summed E-state index contributed by atoms with van der Waals surface area (Å²) < 4.78 is 11.1. The van der Waals surface area contributed by atoms with Crippen LogP contribution in [0.15, 0.2) is 0 Å². The lowest BCUT2D eigenvalue weighted by molar-refractivity contribution is -0.125. The summed E-state index contributed by atoms with van der Waals surface area (Å²) in [6.07, 6.45) is 2.67. The topological polar surface area (TPSA) is 50.8 Å². The Morgan fingerprint density at radius 2 is 2.20 bits per heavy atom. The standard InChI is InChI=1S/C14H23ClN2O3/c1-10(17-4-6-19-7-5-17)9-16-13(18)14(15)8-11-2-3-12(14)20-11/h10-12H,2-9H2,1H3,(H,16,18). The van der Waals surface area contributed by atoms with Gasteiger partial charge < -0.3 is 14.8 Å². The number of halogens is 1. The second kappa shape index (κ2) is 5.79. The van der Waals surface area contributed by atoms with Gasteiger partial charge in [0, 0.05) is 32.1 Å². The summed E-state index contributed by atoms with van der Waals surface area (Å²) in [5.41, 5.74) is 0. The number of fused-ring (bicyclic) bond motifs is 2. The Bertz CT molecular complexity index is 375. The van der Waals surface area contributed by atoms with Gasteiger partial charge in [0.15, 0.2) is 4.87 Å². The third-order valence-corrected chi connectivity index (χ3v) is 5.32. The van der Waals surface area contributed by atoms with Crippen LogP contribution in [-0.2, 0) is 14.3 Å². The maximum atomic E-state index is 12.4. The van der Waals surface area contributed by atoms with Crippen molar-refractivity contribution in [2.45, 2.75) is 49.3 Å². The Morgan fingerprint density at radius 3 is 2.80 bits per heavy atom. The fraction of sp³-hybridized carbons (Fsp3) is 0.929. The van der Waals surface area contributed by atoms with E-state index in [4.69, 9.17) is 21.1 Å². The molecule has 0 aromatic heterocycles. The number of nitrogens with one attached hydrogen (secondary N) is 1. The van der Waals surface area contributed by atoms with Crippen LogP contribution in [0.4, 0.5) is 0 Å². The number of nitrogens with zero attached hydrogens (tertiary/aromatic N) is 1. The van der Waals surface area contributed by atoms with Crippen LogP contribution in [0.2, 0.25) is 0 Å². The van der Waals surface area contributed by atoms with Crippen LogP contribution in [-0.4, -0.2) is 66.8 Å². The molecule has 5 nitrogen and oxygen atoms in total. The van der Waals surface area contributed by atoms with E-state index in [1.54, 1.807) is 0 Å². The number of carbonyl (C=O) groups excluding carboxylic acids is 1. The number of ether oxygens (including phenoxy) is 2. The van der Waals surface area contributed by atoms with Crippen molar-refractivity contribution in [3.63, 3.8) is 0 Å². The van der Waals surface area contributed by atoms with Crippen molar-refractivity contribution < 1.29 is 14.3 Å². The summed E-state index contributed by atoms with van der Waals surface area (Å²) in [4.78, 5) is 13.9. The van der Waals surface area contributed by atoms with Gasteiger partial charge in [0.25, 0.3) is 0 Å². The highest BCUT2D eigenvalue weighted by Crippen LogP contribution is 2.45. The van der Waals surface area contributed by atoms with E-state index in [9.17, 15) is 4.79 Å². The Kier molecular flexibility index (Phi) is 4.22. The number of rotatable bonds is 4. The number of amides is 1. The minimum absolute atomic E-state index is 0.0634. The van der Waals surface area contributed by atoms with Gasteiger partial charge in [-0.3, -0.25) is 9.69 Å². The number of morpholine rings is 1. The predicted octanol–water partition coefficient (Wildman–Crippen LogP) is 0.752. The van der Waals surface area contributed by atoms with E-state index in [-0.39, 0.29) is 18.1 Å². The second-order valence-electron chi connectivity index (χ2n) is 6.10. The van der Waals surface area contributed by atoms with Crippen LogP contribution >= 0.6 is 11.6 Å². The number of carbonyl (C=O) groups is 1. The third-order valence-electron chi connectivity index (χ3n) is 4.75. The van der Waals surface area contributed by atoms with Crippen molar-refractivity contribution in [3.05, 3.63) is 0 Å². The molecule has 4 unspecified atom stereocenters. The zero-order valence-electron chi connectivity index (χ0n) is 11.9. The lowest BCUT2D eigenvalue weighted by atomic mass is 9.87. The van der Waals surface area contributed by atoms with E-state index >= 15 is 0 Å². The quantitative estimate of drug-likeness (QED) is 0.779. The Labute approximate surface area is 124 Å². The molecule has 114 valence electrons. The summed E-state index contributed by atoms with van der Waals surface area (Å²) in [6.45, 7) is 6.16. The molecule has 3 fully saturated rings. The fourth-order valence-electron chi connectivity index (χ4n) is 3.43. The molecule has 0 aromatic rings. The highest BCUT2D eigenvalue weighted by Gasteiger charge is 2.56. The molecular formula is C14H23ClN2O3. The van der Waals surface area contributed by atoms with Gasteiger partial charge in [0.05, 0.1) is 25.4 Å². The average molecular weight is 303 g/mol. The molecule has 20 heavy (non-hydrogen) atoms. The molecule has 4 atom stereocenters. The van der Waals surface area contributed by atoms with Gasteiger partial charge >= 0.3 is 0 Å². The molecule has 3 saturated heterocycles. The van der Waals surface area contributed by atoms with Crippen LogP contribution < -0.4 is 5.32 Å². The summed E-state index contributed by atoms with van der Waals surface area (Å²) in [5.74, 6) is -0.0634. The van der Waals surface area contributed by atoms with Crippen LogP contribution in [0.3, 0.4) is 0 Å². The smallest absolute Gasteiger partial charge is 0.244 e. The van der Waals surface area contributed by atoms with Crippen molar-refractivity contribution in [2.75, 3.05) is 32.8 Å². The number of hydrogen-bond donors (Lipinski definition) is 1. The summed E-state index contributed by atoms with van der Waals surface area (Å²) >= 11 is 6.52. The largest absolute Gasteiger partial charge is 0.379 e. The van der Waals surface area contributed by atoms with E-state index in [0.717, 1.165) is 39.1 Å². The van der Waals surface area contributed by atoms with Gasteiger partial charge in [0.2, 0.25) is 5.91 Å². The zero-order chi connectivity index (χ0) is 14.2. The predicted molar refractivity (Wildman–Crippen MR) is 76.0 cm³/mol. The van der Waals surface area contributed by atoms with E-state index in [1.165, 1.54) is 0 Å². The van der Waals surface area contributed by atoms with Gasteiger partial charge in [-0.1, -0.05) is 0 Å². The minimum atomic E-state index is -0.840. The third kappa shape index (κ3) is 2.69. The number of hydrogen-bond acceptors (Lipinski definition) is 4. The normalized spacial score (nSPS) is 38.9. The van der Waals surface area contributed by atoms with E-state index in [0.29, 0.717) is 19.0 Å². The summed E-state index contributed by atoms with van der Waals surface area (Å²) in [5, 5.41) is 3.01. The molecule has 0 saturated carbocycles. The van der Waals surface area contributed by atoms with Gasteiger partial charge in [0.1, 0.15) is 0 Å². The molecule has 1 amide bonds. The average Bonchev–Trinajstić information content (AvgIpc) is 3.06. The van der Waals surface area contributed by atoms with Crippen LogP contribution in [0.25, 0.3) is 0 Å². The Hall–Kier alpha value is -0.360. The highest BCUT2D eigenvalue weighted by atomic mass is 35.5. The van der Waals surface area contributed by atoms with Crippen LogP contribution in [0.5, 0.6) is 0 Å². The summed E-state index contributed by atoms with van der Waals surface area (Å²) in [6, 6.07) is 0.308. The lowest BCUT2D eigenvalue weighted by Crippen LogP contribution is -2.53. The highest BCUT2D eigenvalue weighted by molar-refractivity contribution is 6.35. The first-order chi connectivity index (χ1) is 9.59. The van der Waals surface area contributed by atoms with Gasteiger partial charge in [-0.2, -0.15) is 0 Å². The van der Waals surface area contributed by atoms with E-state index in [2.05, 4.69) is 17.1 Å². The first-order valence-electron chi connectivity index (χ1n) is 7.54. The van der Waals surface area contributed by atoms with Crippen molar-refractivity contribution in [1.82, 2.24) is 10.2 Å². The first kappa shape index (κ1) is 14.6. The van der Waals surface area contributed by atoms with Crippen molar-refractivity contribution in [1.29, 1.82) is 0 Å². The molecule has 2 bridgehead atoms. The van der Waals surface area contributed by atoms with Gasteiger partial charge in [-0.25, -0.2) is 0 Å². The fourth-order valence-corrected chi connectivity index (χ4v) is 3.83. The molecule has 0 spiro atoms. The molecule has 3 heterocycles. The van der Waals surface area contributed by atoms with Crippen LogP contribution in [0.1, 0.15) is 26.2 Å². The number of alkyl halides is 1. The minimum Gasteiger partial charge on any atom is -0.379 e. The molecule has 1 N–H and O–H groups in total. The van der Waals surface area contributed by atoms with Crippen molar-refractivity contribution in [2.24, 2.45) is 0 Å². The monoisotopic (exact) mass is 302 g/mol. The SMILES string of the molecule is CC(CNC(=O)C1(Cl)CC2CCC1O2)N1CCOCC1. The maximum absolute atomic E-state index is 12.4. The molecule has 6 heteroatoms. The van der Waals surface area contributed by atoms with Crippen molar-refractivity contribution in [3.8, 4) is 0 Å². The molecule has 0 aliphatic carbocycles. The molecule has 3 rings (SSSR count). The van der Waals surface area contributed by atoms with Gasteiger partial charge in [-0.15, -0.1) is 11.6 Å². The zero-order valence-corrected chi connectivity index (χ0v) is 12.7. The molecular weight excluding hydrogens is 280 g/mol. The van der Waals surface area contributed by atoms with E-state index < -0.39 is 4.87 Å². The van der Waals surface area contributed by atoms with Crippen LogP contribution in [0, 0.1) is 0 Å². The van der Waals surface area contributed by atoms with Crippen molar-refractivity contribution >= 4 is 17.5 Å². The first-order valence-corrected chi connectivity index (χ1v) is 7.92. The van der Waals surface area contributed by atoms with Gasteiger partial charge in [-0.05, 0) is 19.8 Å². The Balaban J connectivity index is 1.49. The molecule has 3 aliphatic heterocycles. The lowest BCUT2D eigenvalue weighted by Gasteiger charge is -2.33. The maximum Gasteiger partial charge on any atom is 0.244 e. The second-order valence-corrected chi connectivity index (χ2v) is 6.77. The summed E-state index contributed by atoms with van der Waals surface area (Å²) in [7, 11) is 0. The molecule has 0 aromatic carbocycles. The molecule has 3 aliphatic rings. The Morgan fingerprint density at radius 1 is 1.45 bits per heavy atom. The van der Waals surface area contributed by atoms with E-state index in [1.807, 2.05) is 0 Å².